The second-order valence-corrected chi connectivity index (χ2v) is 15.8. The minimum absolute atomic E-state index is 0.0402. The molecule has 160 valence electrons. The Balaban J connectivity index is 1.74. The molecule has 0 amide bonds. The molecule has 0 spiro atoms. The van der Waals surface area contributed by atoms with Crippen molar-refractivity contribution in [3.63, 3.8) is 0 Å². The van der Waals surface area contributed by atoms with Crippen LogP contribution in [0.15, 0.2) is 12.2 Å². The molecule has 1 aliphatic carbocycles. The molecular formula is C22H38O5Si. The Morgan fingerprint density at radius 1 is 1.21 bits per heavy atom. The van der Waals surface area contributed by atoms with Crippen molar-refractivity contribution in [3.8, 4) is 0 Å². The van der Waals surface area contributed by atoms with Crippen molar-refractivity contribution in [2.45, 2.75) is 96.6 Å². The number of cyclic esters (lactones) is 1. The lowest BCUT2D eigenvalue weighted by atomic mass is 9.75. The summed E-state index contributed by atoms with van der Waals surface area (Å²) in [6.45, 7) is 19.8. The third-order valence-corrected chi connectivity index (χ3v) is 11.7. The third-order valence-electron chi connectivity index (χ3n) is 7.08. The molecule has 2 heterocycles. The van der Waals surface area contributed by atoms with E-state index in [1.165, 1.54) is 0 Å². The summed E-state index contributed by atoms with van der Waals surface area (Å²) in [5.41, 5.74) is -0.302. The van der Waals surface area contributed by atoms with E-state index < -0.39 is 14.1 Å². The number of hydrogen-bond acceptors (Lipinski definition) is 5. The van der Waals surface area contributed by atoms with Crippen LogP contribution in [0, 0.1) is 17.8 Å². The van der Waals surface area contributed by atoms with Gasteiger partial charge in [-0.05, 0) is 52.2 Å². The maximum absolute atomic E-state index is 12.7. The highest BCUT2D eigenvalue weighted by Crippen LogP contribution is 2.47. The fraction of sp³-hybridized carbons (Fsp3) is 0.864. The summed E-state index contributed by atoms with van der Waals surface area (Å²) >= 11 is 0. The SMILES string of the molecule is C[C@H](O[Si](C)(C)C(C)(C)C)[C@@H]1OC(=O)[C@H]2C[C@H]([C@]3(C)OCC(C)(C)O3)C=C[C@H]12. The molecule has 2 aliphatic heterocycles. The van der Waals surface area contributed by atoms with Crippen molar-refractivity contribution in [2.24, 2.45) is 17.8 Å². The van der Waals surface area contributed by atoms with Crippen molar-refractivity contribution in [2.75, 3.05) is 6.61 Å². The van der Waals surface area contributed by atoms with Gasteiger partial charge in [-0.25, -0.2) is 0 Å². The van der Waals surface area contributed by atoms with Crippen LogP contribution in [0.2, 0.25) is 18.1 Å². The monoisotopic (exact) mass is 410 g/mol. The first-order valence-corrected chi connectivity index (χ1v) is 13.5. The lowest BCUT2D eigenvalue weighted by Gasteiger charge is -2.40. The zero-order chi connectivity index (χ0) is 21.1. The van der Waals surface area contributed by atoms with Crippen LogP contribution in [0.5, 0.6) is 0 Å². The van der Waals surface area contributed by atoms with Crippen molar-refractivity contribution >= 4 is 14.3 Å². The van der Waals surface area contributed by atoms with Gasteiger partial charge in [0, 0.05) is 11.8 Å². The predicted octanol–water partition coefficient (Wildman–Crippen LogP) is 4.67. The fourth-order valence-electron chi connectivity index (χ4n) is 4.41. The Hall–Kier alpha value is -0.693. The summed E-state index contributed by atoms with van der Waals surface area (Å²) in [5, 5.41) is 0.120. The van der Waals surface area contributed by atoms with Crippen molar-refractivity contribution in [1.82, 2.24) is 0 Å². The lowest BCUT2D eigenvalue weighted by Crippen LogP contribution is -2.47. The first-order chi connectivity index (χ1) is 12.7. The lowest BCUT2D eigenvalue weighted by molar-refractivity contribution is -0.197. The zero-order valence-corrected chi connectivity index (χ0v) is 20.0. The average molecular weight is 411 g/mol. The first kappa shape index (κ1) is 22.0. The van der Waals surface area contributed by atoms with Crippen molar-refractivity contribution in [1.29, 1.82) is 0 Å². The van der Waals surface area contributed by atoms with Gasteiger partial charge in [0.1, 0.15) is 6.10 Å². The van der Waals surface area contributed by atoms with Crippen molar-refractivity contribution < 1.29 is 23.4 Å². The van der Waals surface area contributed by atoms with Gasteiger partial charge in [-0.2, -0.15) is 0 Å². The van der Waals surface area contributed by atoms with Crippen LogP contribution < -0.4 is 0 Å². The van der Waals surface area contributed by atoms with Gasteiger partial charge < -0.3 is 18.6 Å². The summed E-state index contributed by atoms with van der Waals surface area (Å²) in [4.78, 5) is 12.7. The van der Waals surface area contributed by atoms with Gasteiger partial charge in [0.25, 0.3) is 0 Å². The second kappa shape index (κ2) is 6.93. The Morgan fingerprint density at radius 3 is 2.39 bits per heavy atom. The van der Waals surface area contributed by atoms with Gasteiger partial charge in [0.05, 0.1) is 24.2 Å². The summed E-state index contributed by atoms with van der Waals surface area (Å²) in [7, 11) is -1.93. The van der Waals surface area contributed by atoms with E-state index in [-0.39, 0.29) is 46.6 Å². The molecular weight excluding hydrogens is 372 g/mol. The van der Waals surface area contributed by atoms with E-state index in [1.54, 1.807) is 0 Å². The summed E-state index contributed by atoms with van der Waals surface area (Å²) in [6.07, 6.45) is 4.66. The van der Waals surface area contributed by atoms with Crippen LogP contribution in [0.25, 0.3) is 0 Å². The average Bonchev–Trinajstić information content (AvgIpc) is 3.03. The Morgan fingerprint density at radius 2 is 1.86 bits per heavy atom. The number of hydrogen-bond donors (Lipinski definition) is 0. The molecule has 0 radical (unpaired) electrons. The standard InChI is InChI=1S/C22H38O5Si/c1-14(26-28(8,9)20(2,3)4)18-16-11-10-15(12-17(16)19(23)25-18)22(7)24-13-21(5,6)27-22/h10-11,14-18H,12-13H2,1-9H3/t14-,15+,16-,17-,18-,22+/m0/s1. The van der Waals surface area contributed by atoms with E-state index in [2.05, 4.69) is 46.0 Å². The molecule has 0 unspecified atom stereocenters. The highest BCUT2D eigenvalue weighted by molar-refractivity contribution is 6.74. The molecule has 2 fully saturated rings. The van der Waals surface area contributed by atoms with Gasteiger partial charge in [-0.3, -0.25) is 4.79 Å². The van der Waals surface area contributed by atoms with Crippen LogP contribution >= 0.6 is 0 Å². The minimum atomic E-state index is -1.93. The molecule has 6 heteroatoms. The number of fused-ring (bicyclic) bond motifs is 1. The van der Waals surface area contributed by atoms with Gasteiger partial charge in [-0.15, -0.1) is 0 Å². The Labute approximate surface area is 171 Å². The molecule has 3 rings (SSSR count). The molecule has 0 aromatic rings. The molecule has 2 saturated heterocycles. The van der Waals surface area contributed by atoms with Crippen LogP contribution in [0.4, 0.5) is 0 Å². The minimum Gasteiger partial charge on any atom is -0.459 e. The molecule has 0 aromatic carbocycles. The molecule has 28 heavy (non-hydrogen) atoms. The number of carbonyl (C=O) groups is 1. The molecule has 0 N–H and O–H groups in total. The quantitative estimate of drug-likeness (QED) is 0.383. The topological polar surface area (TPSA) is 54.0 Å². The van der Waals surface area contributed by atoms with Crippen LogP contribution in [0.3, 0.4) is 0 Å². The largest absolute Gasteiger partial charge is 0.459 e. The van der Waals surface area contributed by atoms with E-state index in [0.29, 0.717) is 13.0 Å². The molecule has 3 aliphatic rings. The number of rotatable bonds is 4. The van der Waals surface area contributed by atoms with E-state index in [4.69, 9.17) is 18.6 Å². The van der Waals surface area contributed by atoms with Crippen LogP contribution in [-0.2, 0) is 23.4 Å². The maximum Gasteiger partial charge on any atom is 0.310 e. The molecule has 0 aromatic heterocycles. The van der Waals surface area contributed by atoms with Crippen molar-refractivity contribution in [3.05, 3.63) is 12.2 Å². The van der Waals surface area contributed by atoms with Gasteiger partial charge in [0.15, 0.2) is 14.1 Å². The molecule has 0 saturated carbocycles. The van der Waals surface area contributed by atoms with Crippen LogP contribution in [0.1, 0.15) is 54.9 Å². The Kier molecular flexibility index (Phi) is 5.45. The normalized spacial score (nSPS) is 39.0. The molecule has 6 atom stereocenters. The number of ether oxygens (including phenoxy) is 3. The van der Waals surface area contributed by atoms with E-state index in [0.717, 1.165) is 0 Å². The molecule has 5 nitrogen and oxygen atoms in total. The van der Waals surface area contributed by atoms with E-state index >= 15 is 0 Å². The van der Waals surface area contributed by atoms with Gasteiger partial charge >= 0.3 is 5.97 Å². The maximum atomic E-state index is 12.7. The third kappa shape index (κ3) is 3.98. The first-order valence-electron chi connectivity index (χ1n) is 10.6. The van der Waals surface area contributed by atoms with Gasteiger partial charge in [0.2, 0.25) is 0 Å². The zero-order valence-electron chi connectivity index (χ0n) is 19.0. The second-order valence-electron chi connectivity index (χ2n) is 11.1. The summed E-state index contributed by atoms with van der Waals surface area (Å²) in [6, 6.07) is 0. The highest BCUT2D eigenvalue weighted by atomic mass is 28.4. The fourth-order valence-corrected chi connectivity index (χ4v) is 5.83. The Bertz CT molecular complexity index is 650. The molecule has 0 bridgehead atoms. The smallest absolute Gasteiger partial charge is 0.310 e. The van der Waals surface area contributed by atoms with E-state index in [1.807, 2.05) is 27.7 Å². The highest BCUT2D eigenvalue weighted by Gasteiger charge is 2.54. The number of esters is 1. The van der Waals surface area contributed by atoms with Gasteiger partial charge in [-0.1, -0.05) is 32.9 Å². The summed E-state index contributed by atoms with van der Waals surface area (Å²) in [5.74, 6) is -0.860. The number of carbonyl (C=O) groups excluding carboxylic acids is 1. The predicted molar refractivity (Wildman–Crippen MR) is 111 cm³/mol. The van der Waals surface area contributed by atoms with E-state index in [9.17, 15) is 4.79 Å². The summed E-state index contributed by atoms with van der Waals surface area (Å²) < 4.78 is 24.6. The van der Waals surface area contributed by atoms with Crippen LogP contribution in [-0.4, -0.2) is 44.5 Å².